The Hall–Kier alpha value is -1.92. The lowest BCUT2D eigenvalue weighted by molar-refractivity contribution is -0.124. The Morgan fingerprint density at radius 2 is 1.62 bits per heavy atom. The lowest BCUT2D eigenvalue weighted by Gasteiger charge is -2.23. The van der Waals surface area contributed by atoms with Gasteiger partial charge in [0.2, 0.25) is 10.0 Å². The number of carbonyl (C=O) groups excluding carboxylic acids is 1. The van der Waals surface area contributed by atoms with E-state index >= 15 is 0 Å². The summed E-state index contributed by atoms with van der Waals surface area (Å²) in [6.07, 6.45) is 0.160. The molecule has 1 fully saturated rings. The Kier molecular flexibility index (Phi) is 6.34. The molecule has 2 aromatic rings. The third-order valence-electron chi connectivity index (χ3n) is 4.53. The summed E-state index contributed by atoms with van der Waals surface area (Å²) in [5.74, 6) is -0.767. The van der Waals surface area contributed by atoms with E-state index in [4.69, 9.17) is 0 Å². The van der Waals surface area contributed by atoms with Crippen molar-refractivity contribution in [1.82, 2.24) is 14.6 Å². The number of nitrogens with zero attached hydrogens (tertiary/aromatic N) is 1. The zero-order valence-electron chi connectivity index (χ0n) is 15.5. The summed E-state index contributed by atoms with van der Waals surface area (Å²) in [4.78, 5) is 14.7. The number of amides is 1. The number of benzene rings is 2. The second-order valence-electron chi connectivity index (χ2n) is 6.70. The molecule has 2 atom stereocenters. The minimum Gasteiger partial charge on any atom is -0.276 e. The second-order valence-corrected chi connectivity index (χ2v) is 11.0. The first-order valence-corrected chi connectivity index (χ1v) is 12.2. The van der Waals surface area contributed by atoms with E-state index in [1.165, 1.54) is 24.3 Å². The minimum absolute atomic E-state index is 0.0179. The van der Waals surface area contributed by atoms with Crippen LogP contribution in [0.4, 0.5) is 0 Å². The average molecular weight is 456 g/mol. The third-order valence-corrected chi connectivity index (χ3v) is 8.05. The number of aryl methyl sites for hydroxylation is 1. The summed E-state index contributed by atoms with van der Waals surface area (Å²) in [6, 6.07) is 12.8. The van der Waals surface area contributed by atoms with Crippen LogP contribution in [0.1, 0.15) is 12.0 Å². The maximum Gasteiger partial charge on any atom is 0.257 e. The lowest BCUT2D eigenvalue weighted by Crippen LogP contribution is -2.51. The number of thiol groups is 1. The van der Waals surface area contributed by atoms with E-state index in [0.717, 1.165) is 9.87 Å². The minimum atomic E-state index is -3.99. The van der Waals surface area contributed by atoms with Gasteiger partial charge < -0.3 is 0 Å². The van der Waals surface area contributed by atoms with Crippen LogP contribution in [0.15, 0.2) is 64.4 Å². The van der Waals surface area contributed by atoms with E-state index < -0.39 is 32.0 Å². The summed E-state index contributed by atoms with van der Waals surface area (Å²) < 4.78 is 51.6. The molecule has 0 radical (unpaired) electrons. The quantitative estimate of drug-likeness (QED) is 0.446. The Morgan fingerprint density at radius 1 is 1.00 bits per heavy atom. The number of carbonyl (C=O) groups is 1. The molecule has 1 amide bonds. The van der Waals surface area contributed by atoms with Crippen molar-refractivity contribution >= 4 is 38.6 Å². The molecule has 0 spiro atoms. The van der Waals surface area contributed by atoms with E-state index in [-0.39, 0.29) is 28.0 Å². The molecule has 29 heavy (non-hydrogen) atoms. The Bertz CT molecular complexity index is 1090. The number of rotatable bonds is 6. The highest BCUT2D eigenvalue weighted by Crippen LogP contribution is 2.28. The van der Waals surface area contributed by atoms with E-state index in [2.05, 4.69) is 18.1 Å². The third kappa shape index (κ3) is 4.81. The molecule has 0 saturated carbocycles. The van der Waals surface area contributed by atoms with Crippen LogP contribution < -0.4 is 10.3 Å². The van der Waals surface area contributed by atoms with Crippen molar-refractivity contribution < 1.29 is 21.6 Å². The largest absolute Gasteiger partial charge is 0.276 e. The molecule has 3 rings (SSSR count). The molecule has 0 aliphatic carbocycles. The summed E-state index contributed by atoms with van der Waals surface area (Å²) >= 11 is 4.32. The van der Waals surface area contributed by atoms with Crippen LogP contribution in [0.25, 0.3) is 0 Å². The molecule has 8 nitrogen and oxygen atoms in total. The maximum atomic E-state index is 12.9. The van der Waals surface area contributed by atoms with Crippen LogP contribution in [-0.2, 0) is 24.8 Å². The summed E-state index contributed by atoms with van der Waals surface area (Å²) in [5, 5.41) is -0.349. The van der Waals surface area contributed by atoms with E-state index in [0.29, 0.717) is 0 Å². The monoisotopic (exact) mass is 455 g/mol. The van der Waals surface area contributed by atoms with Crippen LogP contribution in [-0.4, -0.2) is 44.9 Å². The van der Waals surface area contributed by atoms with Gasteiger partial charge in [-0.05, 0) is 37.6 Å². The summed E-state index contributed by atoms with van der Waals surface area (Å²) in [5.41, 5.74) is 3.02. The fourth-order valence-electron chi connectivity index (χ4n) is 2.99. The molecule has 1 saturated heterocycles. The van der Waals surface area contributed by atoms with Gasteiger partial charge in [-0.1, -0.05) is 35.9 Å². The highest BCUT2D eigenvalue weighted by molar-refractivity contribution is 7.89. The molecule has 2 aromatic carbocycles. The number of hydrogen-bond acceptors (Lipinski definition) is 6. The van der Waals surface area contributed by atoms with Gasteiger partial charge in [0.05, 0.1) is 9.79 Å². The molecule has 156 valence electrons. The SMILES string of the molecule is Cc1ccc(S(=O)(=O)NNC(=O)[C@@H]2C[C@@H](S)CN2S(=O)(=O)c2ccccc2)cc1. The van der Waals surface area contributed by atoms with Crippen molar-refractivity contribution in [3.05, 3.63) is 60.2 Å². The Labute approximate surface area is 175 Å². The standard InChI is InChI=1S/C18H21N3O5S3/c1-13-7-9-15(10-8-13)28(23,24)20-19-18(22)17-11-14(27)12-21(17)29(25,26)16-5-3-2-4-6-16/h2-10,14,17,20,27H,11-12H2,1H3,(H,19,22)/t14-,17+/m1/s1. The molecule has 2 N–H and O–H groups in total. The predicted octanol–water partition coefficient (Wildman–Crippen LogP) is 1.07. The van der Waals surface area contributed by atoms with Crippen molar-refractivity contribution in [2.24, 2.45) is 0 Å². The van der Waals surface area contributed by atoms with Crippen molar-refractivity contribution in [3.63, 3.8) is 0 Å². The average Bonchev–Trinajstić information content (AvgIpc) is 3.10. The molecular weight excluding hydrogens is 434 g/mol. The normalized spacial score (nSPS) is 20.5. The van der Waals surface area contributed by atoms with Crippen molar-refractivity contribution in [2.75, 3.05) is 6.54 Å². The molecule has 0 unspecified atom stereocenters. The van der Waals surface area contributed by atoms with Gasteiger partial charge in [-0.3, -0.25) is 10.2 Å². The molecule has 1 aliphatic rings. The molecule has 1 aliphatic heterocycles. The van der Waals surface area contributed by atoms with Crippen LogP contribution >= 0.6 is 12.6 Å². The second kappa shape index (κ2) is 8.44. The van der Waals surface area contributed by atoms with E-state index in [9.17, 15) is 21.6 Å². The number of sulfonamides is 2. The lowest BCUT2D eigenvalue weighted by atomic mass is 10.2. The first-order valence-electron chi connectivity index (χ1n) is 8.74. The fraction of sp³-hybridized carbons (Fsp3) is 0.278. The van der Waals surface area contributed by atoms with Gasteiger partial charge in [0.15, 0.2) is 0 Å². The van der Waals surface area contributed by atoms with Gasteiger partial charge >= 0.3 is 0 Å². The Balaban J connectivity index is 1.76. The summed E-state index contributed by atoms with van der Waals surface area (Å²) in [6.45, 7) is 1.87. The predicted molar refractivity (Wildman–Crippen MR) is 111 cm³/mol. The van der Waals surface area contributed by atoms with Gasteiger partial charge in [-0.25, -0.2) is 16.8 Å². The van der Waals surface area contributed by atoms with Crippen LogP contribution in [0.5, 0.6) is 0 Å². The van der Waals surface area contributed by atoms with Crippen LogP contribution in [0, 0.1) is 6.92 Å². The molecular formula is C18H21N3O5S3. The number of hydrogen-bond donors (Lipinski definition) is 3. The maximum absolute atomic E-state index is 12.9. The van der Waals surface area contributed by atoms with Gasteiger partial charge in [0.25, 0.3) is 15.9 Å². The number of hydrazine groups is 1. The van der Waals surface area contributed by atoms with Crippen molar-refractivity contribution in [2.45, 2.75) is 34.4 Å². The topological polar surface area (TPSA) is 113 Å². The van der Waals surface area contributed by atoms with Crippen LogP contribution in [0.2, 0.25) is 0 Å². The van der Waals surface area contributed by atoms with Gasteiger partial charge in [-0.15, -0.1) is 4.83 Å². The van der Waals surface area contributed by atoms with Crippen molar-refractivity contribution in [3.8, 4) is 0 Å². The summed E-state index contributed by atoms with van der Waals surface area (Å²) in [7, 11) is -7.92. The fourth-order valence-corrected chi connectivity index (χ4v) is 5.99. The molecule has 1 heterocycles. The van der Waals surface area contributed by atoms with Gasteiger partial charge in [0.1, 0.15) is 6.04 Å². The highest BCUT2D eigenvalue weighted by atomic mass is 32.2. The molecule has 0 aromatic heterocycles. The zero-order chi connectivity index (χ0) is 21.2. The zero-order valence-corrected chi connectivity index (χ0v) is 18.0. The molecule has 0 bridgehead atoms. The first kappa shape index (κ1) is 21.8. The van der Waals surface area contributed by atoms with E-state index in [1.807, 2.05) is 11.8 Å². The Morgan fingerprint density at radius 3 is 2.24 bits per heavy atom. The van der Waals surface area contributed by atoms with Crippen molar-refractivity contribution in [1.29, 1.82) is 0 Å². The van der Waals surface area contributed by atoms with Crippen LogP contribution in [0.3, 0.4) is 0 Å². The highest BCUT2D eigenvalue weighted by Gasteiger charge is 2.43. The number of nitrogens with one attached hydrogen (secondary N) is 2. The van der Waals surface area contributed by atoms with E-state index in [1.54, 1.807) is 30.3 Å². The first-order chi connectivity index (χ1) is 13.6. The van der Waals surface area contributed by atoms with Gasteiger partial charge in [-0.2, -0.15) is 16.9 Å². The van der Waals surface area contributed by atoms with Gasteiger partial charge in [0, 0.05) is 11.8 Å². The molecule has 11 heteroatoms. The smallest absolute Gasteiger partial charge is 0.257 e.